The van der Waals surface area contributed by atoms with Gasteiger partial charge in [-0.25, -0.2) is 9.97 Å². The summed E-state index contributed by atoms with van der Waals surface area (Å²) in [7, 11) is 1.51. The van der Waals surface area contributed by atoms with E-state index in [1.54, 1.807) is 22.8 Å². The number of nitrogens with zero attached hydrogens (tertiary/aromatic N) is 4. The second kappa shape index (κ2) is 4.81. The van der Waals surface area contributed by atoms with E-state index in [0.29, 0.717) is 32.8 Å². The summed E-state index contributed by atoms with van der Waals surface area (Å²) in [5.74, 6) is 0.623. The summed E-state index contributed by atoms with van der Waals surface area (Å²) in [5, 5.41) is 0.886. The highest BCUT2D eigenvalue weighted by Gasteiger charge is 2.16. The Hall–Kier alpha value is -2.05. The lowest BCUT2D eigenvalue weighted by molar-refractivity contribution is 0.401. The monoisotopic (exact) mass is 309 g/mol. The van der Waals surface area contributed by atoms with Crippen molar-refractivity contribution >= 4 is 40.3 Å². The number of methoxy groups -OCH3 is 1. The highest BCUT2D eigenvalue weighted by molar-refractivity contribution is 6.42. The largest absolute Gasteiger partial charge is 0.479 e. The van der Waals surface area contributed by atoms with Gasteiger partial charge in [-0.2, -0.15) is 4.98 Å². The summed E-state index contributed by atoms with van der Waals surface area (Å²) in [4.78, 5) is 12.4. The molecule has 2 heterocycles. The minimum Gasteiger partial charge on any atom is -0.479 e. The molecule has 0 unspecified atom stereocenters. The highest BCUT2D eigenvalue weighted by Crippen LogP contribution is 2.29. The lowest BCUT2D eigenvalue weighted by Gasteiger charge is -2.07. The van der Waals surface area contributed by atoms with Gasteiger partial charge in [0.25, 0.3) is 0 Å². The molecule has 0 radical (unpaired) electrons. The number of benzene rings is 1. The number of imidazole rings is 1. The molecule has 6 nitrogen and oxygen atoms in total. The van der Waals surface area contributed by atoms with Gasteiger partial charge in [0.1, 0.15) is 6.33 Å². The predicted molar refractivity (Wildman–Crippen MR) is 77.6 cm³/mol. The summed E-state index contributed by atoms with van der Waals surface area (Å²) in [5.41, 5.74) is 7.68. The molecule has 0 aliphatic carbocycles. The molecule has 0 bridgehead atoms. The molecule has 0 amide bonds. The molecule has 20 heavy (non-hydrogen) atoms. The molecular formula is C12H9Cl2N5O. The average molecular weight is 310 g/mol. The molecule has 0 saturated heterocycles. The lowest BCUT2D eigenvalue weighted by Crippen LogP contribution is -2.01. The van der Waals surface area contributed by atoms with Crippen LogP contribution in [0.2, 0.25) is 10.0 Å². The van der Waals surface area contributed by atoms with Gasteiger partial charge >= 0.3 is 0 Å². The van der Waals surface area contributed by atoms with Crippen molar-refractivity contribution in [2.45, 2.75) is 0 Å². The Labute approximate surface area is 124 Å². The lowest BCUT2D eigenvalue weighted by atomic mass is 10.3. The maximum absolute atomic E-state index is 6.03. The van der Waals surface area contributed by atoms with E-state index >= 15 is 0 Å². The molecule has 0 spiro atoms. The van der Waals surface area contributed by atoms with Crippen LogP contribution in [0.25, 0.3) is 16.9 Å². The smallest absolute Gasteiger partial charge is 0.245 e. The van der Waals surface area contributed by atoms with E-state index in [1.165, 1.54) is 13.4 Å². The SMILES string of the molecule is COc1ncnc2c1nc(N)n2-c1ccc(Cl)c(Cl)c1. The zero-order chi connectivity index (χ0) is 14.3. The van der Waals surface area contributed by atoms with Crippen LogP contribution in [0.3, 0.4) is 0 Å². The molecule has 0 atom stereocenters. The summed E-state index contributed by atoms with van der Waals surface area (Å²) in [6.45, 7) is 0. The first-order valence-corrected chi connectivity index (χ1v) is 6.35. The van der Waals surface area contributed by atoms with Crippen LogP contribution < -0.4 is 10.5 Å². The Kier molecular flexibility index (Phi) is 3.11. The third kappa shape index (κ3) is 1.93. The Morgan fingerprint density at radius 1 is 1.20 bits per heavy atom. The van der Waals surface area contributed by atoms with E-state index in [0.717, 1.165) is 0 Å². The number of hydrogen-bond donors (Lipinski definition) is 1. The van der Waals surface area contributed by atoms with E-state index in [9.17, 15) is 0 Å². The Morgan fingerprint density at radius 3 is 2.70 bits per heavy atom. The van der Waals surface area contributed by atoms with Crippen molar-refractivity contribution < 1.29 is 4.74 Å². The van der Waals surface area contributed by atoms with Crippen LogP contribution in [0.5, 0.6) is 5.88 Å². The van der Waals surface area contributed by atoms with Gasteiger partial charge in [-0.3, -0.25) is 4.57 Å². The number of halogens is 2. The van der Waals surface area contributed by atoms with E-state index in [1.807, 2.05) is 0 Å². The van der Waals surface area contributed by atoms with Crippen molar-refractivity contribution in [2.75, 3.05) is 12.8 Å². The van der Waals surface area contributed by atoms with E-state index in [4.69, 9.17) is 33.7 Å². The molecule has 8 heteroatoms. The molecule has 102 valence electrons. The molecule has 3 rings (SSSR count). The Bertz CT molecular complexity index is 802. The minimum atomic E-state index is 0.261. The molecule has 0 aliphatic rings. The van der Waals surface area contributed by atoms with Gasteiger partial charge in [-0.05, 0) is 18.2 Å². The second-order valence-electron chi connectivity index (χ2n) is 3.96. The first-order valence-electron chi connectivity index (χ1n) is 5.60. The zero-order valence-electron chi connectivity index (χ0n) is 10.3. The topological polar surface area (TPSA) is 78.8 Å². The second-order valence-corrected chi connectivity index (χ2v) is 4.77. The molecule has 1 aromatic carbocycles. The standard InChI is InChI=1S/C12H9Cl2N5O/c1-20-11-9-10(16-5-17-11)19(12(15)18-9)6-2-3-7(13)8(14)4-6/h2-5H,1H3,(H2,15,18). The van der Waals surface area contributed by atoms with Crippen LogP contribution in [0.1, 0.15) is 0 Å². The van der Waals surface area contributed by atoms with E-state index in [-0.39, 0.29) is 5.95 Å². The fourth-order valence-electron chi connectivity index (χ4n) is 1.92. The summed E-state index contributed by atoms with van der Waals surface area (Å²) in [6.07, 6.45) is 1.39. The number of anilines is 1. The summed E-state index contributed by atoms with van der Waals surface area (Å²) in [6, 6.07) is 5.15. The summed E-state index contributed by atoms with van der Waals surface area (Å²) >= 11 is 11.9. The summed E-state index contributed by atoms with van der Waals surface area (Å²) < 4.78 is 6.80. The maximum atomic E-state index is 6.03. The van der Waals surface area contributed by atoms with Crippen molar-refractivity contribution in [3.05, 3.63) is 34.6 Å². The van der Waals surface area contributed by atoms with Crippen molar-refractivity contribution in [3.63, 3.8) is 0 Å². The molecule has 2 N–H and O–H groups in total. The van der Waals surface area contributed by atoms with Crippen molar-refractivity contribution in [2.24, 2.45) is 0 Å². The quantitative estimate of drug-likeness (QED) is 0.787. The zero-order valence-corrected chi connectivity index (χ0v) is 11.9. The Balaban J connectivity index is 2.30. The normalized spacial score (nSPS) is 10.9. The van der Waals surface area contributed by atoms with Gasteiger partial charge in [-0.15, -0.1) is 0 Å². The first kappa shape index (κ1) is 13.0. The minimum absolute atomic E-state index is 0.261. The van der Waals surface area contributed by atoms with Gasteiger partial charge in [0.2, 0.25) is 11.8 Å². The highest BCUT2D eigenvalue weighted by atomic mass is 35.5. The van der Waals surface area contributed by atoms with Gasteiger partial charge in [0.15, 0.2) is 11.2 Å². The van der Waals surface area contributed by atoms with Crippen LogP contribution in [0.4, 0.5) is 5.95 Å². The Morgan fingerprint density at radius 2 is 2.00 bits per heavy atom. The number of aromatic nitrogens is 4. The average Bonchev–Trinajstić information content (AvgIpc) is 2.78. The van der Waals surface area contributed by atoms with Gasteiger partial charge in [-0.1, -0.05) is 23.2 Å². The van der Waals surface area contributed by atoms with Crippen LogP contribution in [0, 0.1) is 0 Å². The van der Waals surface area contributed by atoms with Crippen molar-refractivity contribution in [3.8, 4) is 11.6 Å². The molecule has 2 aromatic heterocycles. The van der Waals surface area contributed by atoms with Crippen molar-refractivity contribution in [1.82, 2.24) is 19.5 Å². The van der Waals surface area contributed by atoms with Crippen molar-refractivity contribution in [1.29, 1.82) is 0 Å². The number of ether oxygens (including phenoxy) is 1. The fraction of sp³-hybridized carbons (Fsp3) is 0.0833. The van der Waals surface area contributed by atoms with Crippen LogP contribution in [-0.4, -0.2) is 26.6 Å². The van der Waals surface area contributed by atoms with Crippen LogP contribution in [0.15, 0.2) is 24.5 Å². The molecule has 0 fully saturated rings. The number of nitrogens with two attached hydrogens (primary N) is 1. The molecule has 0 saturated carbocycles. The third-order valence-electron chi connectivity index (χ3n) is 2.79. The number of nitrogen functional groups attached to an aromatic ring is 1. The number of fused-ring (bicyclic) bond motifs is 1. The fourth-order valence-corrected chi connectivity index (χ4v) is 2.21. The maximum Gasteiger partial charge on any atom is 0.245 e. The molecule has 0 aliphatic heterocycles. The van der Waals surface area contributed by atoms with Gasteiger partial charge in [0, 0.05) is 0 Å². The van der Waals surface area contributed by atoms with E-state index in [2.05, 4.69) is 15.0 Å². The number of rotatable bonds is 2. The first-order chi connectivity index (χ1) is 9.61. The van der Waals surface area contributed by atoms with Gasteiger partial charge < -0.3 is 10.5 Å². The molecular weight excluding hydrogens is 301 g/mol. The third-order valence-corrected chi connectivity index (χ3v) is 3.53. The van der Waals surface area contributed by atoms with Gasteiger partial charge in [0.05, 0.1) is 22.8 Å². The molecule has 3 aromatic rings. The van der Waals surface area contributed by atoms with Crippen LogP contribution in [-0.2, 0) is 0 Å². The van der Waals surface area contributed by atoms with E-state index < -0.39 is 0 Å². The van der Waals surface area contributed by atoms with Crippen LogP contribution >= 0.6 is 23.2 Å². The number of hydrogen-bond acceptors (Lipinski definition) is 5. The predicted octanol–water partition coefficient (Wildman–Crippen LogP) is 2.71.